The maximum absolute atomic E-state index is 3.78. The minimum atomic E-state index is 0.830. The van der Waals surface area contributed by atoms with Crippen LogP contribution in [0.2, 0.25) is 0 Å². The molecule has 0 radical (unpaired) electrons. The largest absolute Gasteiger partial charge is 0.304 e. The summed E-state index contributed by atoms with van der Waals surface area (Å²) in [6, 6.07) is 0. The molecule has 0 aliphatic heterocycles. The zero-order valence-corrected chi connectivity index (χ0v) is 11.0. The lowest BCUT2D eigenvalue weighted by Gasteiger charge is -2.17. The standard InChI is InChI=1S/C14H29N/c1-5-11-14(4)12-9-8-10-13-15(6-2)7-3/h5,14H,1,6-13H2,2-4H3. The maximum Gasteiger partial charge on any atom is -0.00190 e. The Hall–Kier alpha value is -0.300. The molecule has 1 nitrogen and oxygen atoms in total. The van der Waals surface area contributed by atoms with Crippen LogP contribution in [0.25, 0.3) is 0 Å². The molecule has 0 aliphatic rings. The fraction of sp³-hybridized carbons (Fsp3) is 0.857. The third-order valence-corrected chi connectivity index (χ3v) is 3.13. The minimum absolute atomic E-state index is 0.830. The van der Waals surface area contributed by atoms with E-state index in [1.807, 2.05) is 6.08 Å². The van der Waals surface area contributed by atoms with E-state index in [1.54, 1.807) is 0 Å². The predicted molar refractivity (Wildman–Crippen MR) is 70.2 cm³/mol. The Morgan fingerprint density at radius 1 is 1.13 bits per heavy atom. The zero-order valence-electron chi connectivity index (χ0n) is 11.0. The molecule has 0 amide bonds. The van der Waals surface area contributed by atoms with E-state index in [-0.39, 0.29) is 0 Å². The van der Waals surface area contributed by atoms with Crippen LogP contribution < -0.4 is 0 Å². The summed E-state index contributed by atoms with van der Waals surface area (Å²) in [4.78, 5) is 2.51. The summed E-state index contributed by atoms with van der Waals surface area (Å²) >= 11 is 0. The Morgan fingerprint density at radius 3 is 2.33 bits per heavy atom. The molecule has 0 aromatic carbocycles. The van der Waals surface area contributed by atoms with Crippen molar-refractivity contribution in [3.05, 3.63) is 12.7 Å². The SMILES string of the molecule is C=CCC(C)CCCCCN(CC)CC. The molecule has 0 aliphatic carbocycles. The second-order valence-electron chi connectivity index (χ2n) is 4.51. The lowest BCUT2D eigenvalue weighted by atomic mass is 10.00. The molecule has 0 rings (SSSR count). The Balaban J connectivity index is 3.27. The molecule has 0 heterocycles. The van der Waals surface area contributed by atoms with Gasteiger partial charge in [0.25, 0.3) is 0 Å². The van der Waals surface area contributed by atoms with Crippen LogP contribution in [0, 0.1) is 5.92 Å². The molecule has 15 heavy (non-hydrogen) atoms. The summed E-state index contributed by atoms with van der Waals surface area (Å²) < 4.78 is 0. The van der Waals surface area contributed by atoms with Gasteiger partial charge in [-0.05, 0) is 38.4 Å². The highest BCUT2D eigenvalue weighted by Gasteiger charge is 2.01. The predicted octanol–water partition coefficient (Wildman–Crippen LogP) is 4.10. The van der Waals surface area contributed by atoms with Gasteiger partial charge in [-0.2, -0.15) is 0 Å². The van der Waals surface area contributed by atoms with Crippen LogP contribution in [0.1, 0.15) is 52.9 Å². The quantitative estimate of drug-likeness (QED) is 0.388. The molecule has 0 spiro atoms. The highest BCUT2D eigenvalue weighted by Crippen LogP contribution is 2.13. The van der Waals surface area contributed by atoms with E-state index < -0.39 is 0 Å². The summed E-state index contributed by atoms with van der Waals surface area (Å²) in [5.74, 6) is 0.830. The van der Waals surface area contributed by atoms with Gasteiger partial charge in [-0.1, -0.05) is 46.1 Å². The van der Waals surface area contributed by atoms with Crippen molar-refractivity contribution in [1.29, 1.82) is 0 Å². The molecular weight excluding hydrogens is 182 g/mol. The van der Waals surface area contributed by atoms with E-state index in [2.05, 4.69) is 32.3 Å². The molecule has 0 saturated heterocycles. The van der Waals surface area contributed by atoms with Gasteiger partial charge in [-0.25, -0.2) is 0 Å². The molecule has 1 unspecified atom stereocenters. The fourth-order valence-corrected chi connectivity index (χ4v) is 1.95. The summed E-state index contributed by atoms with van der Waals surface area (Å²) in [5.41, 5.74) is 0. The molecule has 1 heteroatoms. The van der Waals surface area contributed by atoms with E-state index in [1.165, 1.54) is 51.7 Å². The average Bonchev–Trinajstić information content (AvgIpc) is 2.24. The smallest absolute Gasteiger partial charge is 0.00190 e. The van der Waals surface area contributed by atoms with Crippen LogP contribution in [-0.4, -0.2) is 24.5 Å². The van der Waals surface area contributed by atoms with Crippen molar-refractivity contribution in [2.24, 2.45) is 5.92 Å². The fourth-order valence-electron chi connectivity index (χ4n) is 1.95. The molecule has 0 saturated carbocycles. The van der Waals surface area contributed by atoms with Gasteiger partial charge < -0.3 is 4.90 Å². The average molecular weight is 211 g/mol. The number of allylic oxidation sites excluding steroid dienone is 1. The monoisotopic (exact) mass is 211 g/mol. The van der Waals surface area contributed by atoms with Crippen molar-refractivity contribution < 1.29 is 0 Å². The third-order valence-electron chi connectivity index (χ3n) is 3.13. The first-order chi connectivity index (χ1) is 7.24. The first kappa shape index (κ1) is 14.7. The minimum Gasteiger partial charge on any atom is -0.304 e. The van der Waals surface area contributed by atoms with Crippen molar-refractivity contribution >= 4 is 0 Å². The van der Waals surface area contributed by atoms with Crippen LogP contribution in [0.5, 0.6) is 0 Å². The molecule has 0 aromatic rings. The van der Waals surface area contributed by atoms with Gasteiger partial charge in [0.05, 0.1) is 0 Å². The molecule has 0 fully saturated rings. The third kappa shape index (κ3) is 8.68. The van der Waals surface area contributed by atoms with Gasteiger partial charge in [0.15, 0.2) is 0 Å². The first-order valence-corrected chi connectivity index (χ1v) is 6.57. The van der Waals surface area contributed by atoms with Crippen LogP contribution in [0.4, 0.5) is 0 Å². The Bertz CT molecular complexity index is 138. The molecule has 0 aromatic heterocycles. The lowest BCUT2D eigenvalue weighted by Crippen LogP contribution is -2.23. The van der Waals surface area contributed by atoms with Crippen molar-refractivity contribution in [1.82, 2.24) is 4.90 Å². The number of unbranched alkanes of at least 4 members (excludes halogenated alkanes) is 2. The number of nitrogens with zero attached hydrogens (tertiary/aromatic N) is 1. The van der Waals surface area contributed by atoms with Crippen LogP contribution >= 0.6 is 0 Å². The number of hydrogen-bond donors (Lipinski definition) is 0. The lowest BCUT2D eigenvalue weighted by molar-refractivity contribution is 0.294. The van der Waals surface area contributed by atoms with Gasteiger partial charge in [0.1, 0.15) is 0 Å². The van der Waals surface area contributed by atoms with Gasteiger partial charge in [0.2, 0.25) is 0 Å². The summed E-state index contributed by atoms with van der Waals surface area (Å²) in [6.45, 7) is 14.3. The van der Waals surface area contributed by atoms with Gasteiger partial charge in [0, 0.05) is 0 Å². The summed E-state index contributed by atoms with van der Waals surface area (Å²) in [7, 11) is 0. The van der Waals surface area contributed by atoms with Crippen LogP contribution in [0.3, 0.4) is 0 Å². The van der Waals surface area contributed by atoms with Crippen molar-refractivity contribution in [3.63, 3.8) is 0 Å². The second kappa shape index (κ2) is 10.2. The first-order valence-electron chi connectivity index (χ1n) is 6.57. The highest BCUT2D eigenvalue weighted by atomic mass is 15.1. The van der Waals surface area contributed by atoms with E-state index in [0.29, 0.717) is 0 Å². The number of rotatable bonds is 10. The van der Waals surface area contributed by atoms with Crippen molar-refractivity contribution in [2.45, 2.75) is 52.9 Å². The van der Waals surface area contributed by atoms with Gasteiger partial charge in [-0.3, -0.25) is 0 Å². The number of hydrogen-bond acceptors (Lipinski definition) is 1. The molecule has 1 atom stereocenters. The highest BCUT2D eigenvalue weighted by molar-refractivity contribution is 4.70. The Morgan fingerprint density at radius 2 is 1.80 bits per heavy atom. The van der Waals surface area contributed by atoms with E-state index in [0.717, 1.165) is 5.92 Å². The Labute approximate surface area is 96.6 Å². The van der Waals surface area contributed by atoms with E-state index in [4.69, 9.17) is 0 Å². The second-order valence-corrected chi connectivity index (χ2v) is 4.51. The van der Waals surface area contributed by atoms with E-state index >= 15 is 0 Å². The molecule has 0 N–H and O–H groups in total. The van der Waals surface area contributed by atoms with Crippen LogP contribution in [0.15, 0.2) is 12.7 Å². The van der Waals surface area contributed by atoms with Gasteiger partial charge in [-0.15, -0.1) is 6.58 Å². The topological polar surface area (TPSA) is 3.24 Å². The van der Waals surface area contributed by atoms with Gasteiger partial charge >= 0.3 is 0 Å². The molecule has 90 valence electrons. The zero-order chi connectivity index (χ0) is 11.5. The van der Waals surface area contributed by atoms with E-state index in [9.17, 15) is 0 Å². The molecule has 0 bridgehead atoms. The normalized spacial score (nSPS) is 13.1. The maximum atomic E-state index is 3.78. The molecular formula is C14H29N. The Kier molecular flexibility index (Phi) is 10.0. The summed E-state index contributed by atoms with van der Waals surface area (Å²) in [6.07, 6.45) is 8.72. The van der Waals surface area contributed by atoms with Crippen molar-refractivity contribution in [3.8, 4) is 0 Å². The van der Waals surface area contributed by atoms with Crippen LogP contribution in [-0.2, 0) is 0 Å². The van der Waals surface area contributed by atoms with Crippen molar-refractivity contribution in [2.75, 3.05) is 19.6 Å². The summed E-state index contributed by atoms with van der Waals surface area (Å²) in [5, 5.41) is 0.